The summed E-state index contributed by atoms with van der Waals surface area (Å²) in [5.74, 6) is 0. The number of hydrogen-bond acceptors (Lipinski definition) is 2. The number of rotatable bonds is 5. The number of benzene rings is 1. The zero-order chi connectivity index (χ0) is 14.6. The molecule has 0 radical (unpaired) electrons. The molecule has 0 aromatic heterocycles. The number of hydrogen-bond donors (Lipinski definition) is 1. The Labute approximate surface area is 124 Å². The van der Waals surface area contributed by atoms with Gasteiger partial charge < -0.3 is 5.32 Å². The maximum absolute atomic E-state index is 3.66. The molecule has 1 aromatic carbocycles. The minimum Gasteiger partial charge on any atom is -0.311 e. The van der Waals surface area contributed by atoms with E-state index in [1.54, 1.807) is 0 Å². The first kappa shape index (κ1) is 15.5. The van der Waals surface area contributed by atoms with Crippen LogP contribution in [-0.2, 0) is 13.0 Å². The molecule has 0 bridgehead atoms. The summed E-state index contributed by atoms with van der Waals surface area (Å²) in [5, 5.41) is 3.66. The van der Waals surface area contributed by atoms with Crippen LogP contribution in [0.1, 0.15) is 51.7 Å². The predicted molar refractivity (Wildman–Crippen MR) is 87.0 cm³/mol. The highest BCUT2D eigenvalue weighted by Gasteiger charge is 2.25. The molecule has 20 heavy (non-hydrogen) atoms. The zero-order valence-corrected chi connectivity index (χ0v) is 13.6. The summed E-state index contributed by atoms with van der Waals surface area (Å²) < 4.78 is 0. The second-order valence-corrected chi connectivity index (χ2v) is 7.07. The van der Waals surface area contributed by atoms with Gasteiger partial charge in [-0.15, -0.1) is 0 Å². The van der Waals surface area contributed by atoms with E-state index in [0.29, 0.717) is 6.04 Å². The van der Waals surface area contributed by atoms with Crippen molar-refractivity contribution in [3.8, 4) is 0 Å². The van der Waals surface area contributed by atoms with Crippen LogP contribution in [0, 0.1) is 0 Å². The molecule has 1 aliphatic heterocycles. The van der Waals surface area contributed by atoms with Crippen LogP contribution in [0.2, 0.25) is 0 Å². The number of nitrogens with one attached hydrogen (secondary N) is 1. The number of likely N-dealkylation sites (tertiary alicyclic amines) is 1. The molecule has 1 N–H and O–H groups in total. The largest absolute Gasteiger partial charge is 0.311 e. The van der Waals surface area contributed by atoms with Crippen molar-refractivity contribution in [2.24, 2.45) is 0 Å². The molecule has 2 heteroatoms. The molecule has 1 fully saturated rings. The minimum absolute atomic E-state index is 0.219. The molecule has 1 aliphatic rings. The van der Waals surface area contributed by atoms with Crippen LogP contribution in [0.15, 0.2) is 24.3 Å². The van der Waals surface area contributed by atoms with E-state index in [1.807, 2.05) is 0 Å². The minimum atomic E-state index is 0.219. The van der Waals surface area contributed by atoms with E-state index in [0.717, 1.165) is 19.5 Å². The second-order valence-electron chi connectivity index (χ2n) is 7.07. The van der Waals surface area contributed by atoms with Crippen molar-refractivity contribution in [2.45, 2.75) is 65.1 Å². The van der Waals surface area contributed by atoms with Crippen molar-refractivity contribution in [3.63, 3.8) is 0 Å². The number of aryl methyl sites for hydroxylation is 1. The fourth-order valence-corrected chi connectivity index (χ4v) is 2.87. The maximum atomic E-state index is 3.66. The Balaban J connectivity index is 1.90. The lowest BCUT2D eigenvalue weighted by molar-refractivity contribution is 0.226. The lowest BCUT2D eigenvalue weighted by atomic mass is 10.1. The third-order valence-corrected chi connectivity index (χ3v) is 4.18. The van der Waals surface area contributed by atoms with Crippen molar-refractivity contribution in [1.82, 2.24) is 10.2 Å². The van der Waals surface area contributed by atoms with Crippen molar-refractivity contribution in [1.29, 1.82) is 0 Å². The Morgan fingerprint density at radius 3 is 2.40 bits per heavy atom. The summed E-state index contributed by atoms with van der Waals surface area (Å²) in [6, 6.07) is 9.83. The number of nitrogens with zero attached hydrogens (tertiary/aromatic N) is 1. The highest BCUT2D eigenvalue weighted by atomic mass is 15.2. The SMILES string of the molecule is CCc1ccc(CN2CCCC2CNC(C)(C)C)cc1. The monoisotopic (exact) mass is 274 g/mol. The summed E-state index contributed by atoms with van der Waals surface area (Å²) >= 11 is 0. The summed E-state index contributed by atoms with van der Waals surface area (Å²) in [4.78, 5) is 2.64. The molecular formula is C18H30N2. The van der Waals surface area contributed by atoms with Gasteiger partial charge in [0.2, 0.25) is 0 Å². The molecule has 2 nitrogen and oxygen atoms in total. The molecule has 0 spiro atoms. The maximum Gasteiger partial charge on any atom is 0.0237 e. The van der Waals surface area contributed by atoms with Crippen LogP contribution in [0.25, 0.3) is 0 Å². The standard InChI is InChI=1S/C18H30N2/c1-5-15-8-10-16(11-9-15)14-20-12-6-7-17(20)13-19-18(2,3)4/h8-11,17,19H,5-7,12-14H2,1-4H3. The van der Waals surface area contributed by atoms with Gasteiger partial charge in [-0.25, -0.2) is 0 Å². The van der Waals surface area contributed by atoms with Gasteiger partial charge in [0, 0.05) is 24.7 Å². The van der Waals surface area contributed by atoms with Gasteiger partial charge in [0.1, 0.15) is 0 Å². The molecule has 1 unspecified atom stereocenters. The van der Waals surface area contributed by atoms with Crippen LogP contribution in [0.4, 0.5) is 0 Å². The van der Waals surface area contributed by atoms with E-state index in [9.17, 15) is 0 Å². The zero-order valence-electron chi connectivity index (χ0n) is 13.6. The van der Waals surface area contributed by atoms with Gasteiger partial charge >= 0.3 is 0 Å². The first-order valence-electron chi connectivity index (χ1n) is 8.05. The van der Waals surface area contributed by atoms with Crippen LogP contribution in [-0.4, -0.2) is 29.6 Å². The highest BCUT2D eigenvalue weighted by molar-refractivity contribution is 5.22. The average molecular weight is 274 g/mol. The van der Waals surface area contributed by atoms with Gasteiger partial charge in [-0.05, 0) is 57.7 Å². The molecule has 0 saturated carbocycles. The van der Waals surface area contributed by atoms with E-state index in [4.69, 9.17) is 0 Å². The van der Waals surface area contributed by atoms with Gasteiger partial charge in [-0.2, -0.15) is 0 Å². The molecule has 0 amide bonds. The van der Waals surface area contributed by atoms with E-state index < -0.39 is 0 Å². The fraction of sp³-hybridized carbons (Fsp3) is 0.667. The average Bonchev–Trinajstić information content (AvgIpc) is 2.84. The highest BCUT2D eigenvalue weighted by Crippen LogP contribution is 2.20. The lowest BCUT2D eigenvalue weighted by Gasteiger charge is -2.29. The molecule has 1 heterocycles. The van der Waals surface area contributed by atoms with Crippen LogP contribution < -0.4 is 5.32 Å². The van der Waals surface area contributed by atoms with E-state index in [-0.39, 0.29) is 5.54 Å². The summed E-state index contributed by atoms with van der Waals surface area (Å²) in [6.07, 6.45) is 3.79. The first-order valence-corrected chi connectivity index (χ1v) is 8.05. The normalized spacial score (nSPS) is 20.5. The first-order chi connectivity index (χ1) is 9.48. The van der Waals surface area contributed by atoms with E-state index in [2.05, 4.69) is 62.2 Å². The molecule has 1 atom stereocenters. The van der Waals surface area contributed by atoms with Gasteiger partial charge in [0.25, 0.3) is 0 Å². The Kier molecular flexibility index (Phi) is 5.22. The summed E-state index contributed by atoms with van der Waals surface area (Å²) in [6.45, 7) is 12.4. The summed E-state index contributed by atoms with van der Waals surface area (Å²) in [5.41, 5.74) is 3.10. The lowest BCUT2D eigenvalue weighted by Crippen LogP contribution is -2.44. The Morgan fingerprint density at radius 2 is 1.80 bits per heavy atom. The predicted octanol–water partition coefficient (Wildman–Crippen LogP) is 3.60. The third kappa shape index (κ3) is 4.60. The van der Waals surface area contributed by atoms with Gasteiger partial charge in [0.15, 0.2) is 0 Å². The molecule has 1 saturated heterocycles. The second kappa shape index (κ2) is 6.73. The fourth-order valence-electron chi connectivity index (χ4n) is 2.87. The van der Waals surface area contributed by atoms with Crippen molar-refractivity contribution in [2.75, 3.05) is 13.1 Å². The topological polar surface area (TPSA) is 15.3 Å². The quantitative estimate of drug-likeness (QED) is 0.882. The van der Waals surface area contributed by atoms with Gasteiger partial charge in [-0.1, -0.05) is 31.2 Å². The van der Waals surface area contributed by atoms with Gasteiger partial charge in [-0.3, -0.25) is 4.90 Å². The Morgan fingerprint density at radius 1 is 1.15 bits per heavy atom. The Hall–Kier alpha value is -0.860. The van der Waals surface area contributed by atoms with Crippen LogP contribution in [0.3, 0.4) is 0 Å². The van der Waals surface area contributed by atoms with E-state index in [1.165, 1.54) is 30.5 Å². The molecular weight excluding hydrogens is 244 g/mol. The van der Waals surface area contributed by atoms with Crippen molar-refractivity contribution < 1.29 is 0 Å². The molecule has 112 valence electrons. The summed E-state index contributed by atoms with van der Waals surface area (Å²) in [7, 11) is 0. The van der Waals surface area contributed by atoms with E-state index >= 15 is 0 Å². The molecule has 0 aliphatic carbocycles. The van der Waals surface area contributed by atoms with Crippen molar-refractivity contribution >= 4 is 0 Å². The Bertz CT molecular complexity index is 402. The van der Waals surface area contributed by atoms with Gasteiger partial charge in [0.05, 0.1) is 0 Å². The van der Waals surface area contributed by atoms with Crippen LogP contribution >= 0.6 is 0 Å². The van der Waals surface area contributed by atoms with Crippen LogP contribution in [0.5, 0.6) is 0 Å². The smallest absolute Gasteiger partial charge is 0.0237 e. The molecule has 2 rings (SSSR count). The third-order valence-electron chi connectivity index (χ3n) is 4.18. The van der Waals surface area contributed by atoms with Crippen molar-refractivity contribution in [3.05, 3.63) is 35.4 Å². The molecule has 1 aromatic rings.